The number of aryl methyl sites for hydroxylation is 1. The predicted molar refractivity (Wildman–Crippen MR) is 73.1 cm³/mol. The topological polar surface area (TPSA) is 41.0 Å². The van der Waals surface area contributed by atoms with E-state index in [1.165, 1.54) is 0 Å². The van der Waals surface area contributed by atoms with Crippen LogP contribution in [0.5, 0.6) is 0 Å². The van der Waals surface area contributed by atoms with Gasteiger partial charge < -0.3 is 4.90 Å². The number of H-pyrrole nitrogens is 1. The maximum absolute atomic E-state index is 11.7. The Hall–Kier alpha value is -0.940. The molecule has 0 aliphatic rings. The number of aromatic amines is 1. The standard InChI is InChI=1S/C12H21N3OS/c1-4-10-9-15(12(16)13-11(10)17)8-7-14(5-2)6-3/h9H,4-8H2,1-3H3,(H,13,16,17). The number of hydrogen-bond acceptors (Lipinski definition) is 3. The molecular weight excluding hydrogens is 234 g/mol. The first-order chi connectivity index (χ1) is 8.12. The summed E-state index contributed by atoms with van der Waals surface area (Å²) in [6.45, 7) is 9.91. The average Bonchev–Trinajstić information content (AvgIpc) is 2.32. The van der Waals surface area contributed by atoms with Crippen LogP contribution < -0.4 is 5.69 Å². The van der Waals surface area contributed by atoms with Crippen LogP contribution in [0.25, 0.3) is 0 Å². The predicted octanol–water partition coefficient (Wildman–Crippen LogP) is 1.81. The van der Waals surface area contributed by atoms with E-state index in [1.54, 1.807) is 4.57 Å². The summed E-state index contributed by atoms with van der Waals surface area (Å²) in [7, 11) is 0. The smallest absolute Gasteiger partial charge is 0.302 e. The van der Waals surface area contributed by atoms with E-state index in [9.17, 15) is 4.79 Å². The zero-order chi connectivity index (χ0) is 12.8. The minimum atomic E-state index is -0.112. The Bertz CT molecular complexity index is 460. The van der Waals surface area contributed by atoms with Gasteiger partial charge in [0.05, 0.1) is 0 Å². The SMILES string of the molecule is CCc1cn(CCN(CC)CC)c(=O)[nH]c1=S. The van der Waals surface area contributed by atoms with Gasteiger partial charge in [0.15, 0.2) is 0 Å². The van der Waals surface area contributed by atoms with Gasteiger partial charge in [0, 0.05) is 24.8 Å². The van der Waals surface area contributed by atoms with Crippen LogP contribution in [0.15, 0.2) is 11.0 Å². The fourth-order valence-corrected chi connectivity index (χ4v) is 2.05. The lowest BCUT2D eigenvalue weighted by atomic mass is 10.3. The van der Waals surface area contributed by atoms with Crippen LogP contribution in [0.4, 0.5) is 0 Å². The highest BCUT2D eigenvalue weighted by Gasteiger charge is 2.03. The Morgan fingerprint density at radius 2 is 2.00 bits per heavy atom. The van der Waals surface area contributed by atoms with Gasteiger partial charge in [-0.2, -0.15) is 0 Å². The Labute approximate surface area is 107 Å². The first-order valence-electron chi connectivity index (χ1n) is 6.17. The molecule has 0 spiro atoms. The summed E-state index contributed by atoms with van der Waals surface area (Å²) in [4.78, 5) is 16.7. The second-order valence-electron chi connectivity index (χ2n) is 3.99. The molecule has 5 heteroatoms. The zero-order valence-electron chi connectivity index (χ0n) is 10.8. The van der Waals surface area contributed by atoms with Crippen molar-refractivity contribution < 1.29 is 0 Å². The van der Waals surface area contributed by atoms with Crippen LogP contribution in [0, 0.1) is 4.64 Å². The van der Waals surface area contributed by atoms with E-state index in [4.69, 9.17) is 12.2 Å². The minimum absolute atomic E-state index is 0.112. The van der Waals surface area contributed by atoms with E-state index in [0.29, 0.717) is 11.2 Å². The van der Waals surface area contributed by atoms with Crippen LogP contribution in [0.2, 0.25) is 0 Å². The Morgan fingerprint density at radius 1 is 1.35 bits per heavy atom. The maximum atomic E-state index is 11.7. The maximum Gasteiger partial charge on any atom is 0.326 e. The van der Waals surface area contributed by atoms with Gasteiger partial charge in [-0.15, -0.1) is 0 Å². The van der Waals surface area contributed by atoms with Crippen molar-refractivity contribution in [1.29, 1.82) is 0 Å². The van der Waals surface area contributed by atoms with E-state index < -0.39 is 0 Å². The molecule has 0 bridgehead atoms. The molecule has 17 heavy (non-hydrogen) atoms. The first-order valence-corrected chi connectivity index (χ1v) is 6.58. The lowest BCUT2D eigenvalue weighted by Gasteiger charge is -2.18. The van der Waals surface area contributed by atoms with Gasteiger partial charge in [-0.05, 0) is 19.5 Å². The molecule has 1 heterocycles. The minimum Gasteiger partial charge on any atom is -0.302 e. The van der Waals surface area contributed by atoms with Crippen molar-refractivity contribution in [2.45, 2.75) is 33.7 Å². The normalized spacial score (nSPS) is 11.1. The molecule has 0 saturated carbocycles. The molecule has 1 N–H and O–H groups in total. The van der Waals surface area contributed by atoms with Gasteiger partial charge >= 0.3 is 5.69 Å². The van der Waals surface area contributed by atoms with Gasteiger partial charge in [0.25, 0.3) is 0 Å². The molecule has 0 aliphatic carbocycles. The average molecular weight is 255 g/mol. The highest BCUT2D eigenvalue weighted by Crippen LogP contribution is 1.99. The summed E-state index contributed by atoms with van der Waals surface area (Å²) < 4.78 is 2.28. The lowest BCUT2D eigenvalue weighted by molar-refractivity contribution is 0.288. The molecule has 0 amide bonds. The van der Waals surface area contributed by atoms with Crippen molar-refractivity contribution in [1.82, 2.24) is 14.5 Å². The number of nitrogens with zero attached hydrogens (tertiary/aromatic N) is 2. The Morgan fingerprint density at radius 3 is 2.53 bits per heavy atom. The number of aromatic nitrogens is 2. The molecule has 1 rings (SSSR count). The molecule has 0 aromatic carbocycles. The van der Waals surface area contributed by atoms with Crippen LogP contribution in [0.3, 0.4) is 0 Å². The third-order valence-corrected chi connectivity index (χ3v) is 3.38. The van der Waals surface area contributed by atoms with Gasteiger partial charge in [-0.3, -0.25) is 9.55 Å². The van der Waals surface area contributed by atoms with Gasteiger partial charge in [0.2, 0.25) is 0 Å². The third kappa shape index (κ3) is 3.78. The number of likely N-dealkylation sites (N-methyl/N-ethyl adjacent to an activating group) is 1. The number of rotatable bonds is 6. The van der Waals surface area contributed by atoms with E-state index in [1.807, 2.05) is 13.1 Å². The van der Waals surface area contributed by atoms with E-state index in [-0.39, 0.29) is 5.69 Å². The van der Waals surface area contributed by atoms with Crippen molar-refractivity contribution in [3.63, 3.8) is 0 Å². The molecule has 4 nitrogen and oxygen atoms in total. The van der Waals surface area contributed by atoms with E-state index >= 15 is 0 Å². The molecule has 0 fully saturated rings. The Kier molecular flexibility index (Phi) is 5.58. The van der Waals surface area contributed by atoms with Crippen molar-refractivity contribution in [2.24, 2.45) is 0 Å². The van der Waals surface area contributed by atoms with Crippen molar-refractivity contribution in [3.8, 4) is 0 Å². The van der Waals surface area contributed by atoms with Crippen LogP contribution in [-0.4, -0.2) is 34.1 Å². The number of hydrogen-bond donors (Lipinski definition) is 1. The molecule has 96 valence electrons. The van der Waals surface area contributed by atoms with Crippen molar-refractivity contribution in [2.75, 3.05) is 19.6 Å². The second kappa shape index (κ2) is 6.71. The van der Waals surface area contributed by atoms with Crippen LogP contribution >= 0.6 is 12.2 Å². The second-order valence-corrected chi connectivity index (χ2v) is 4.40. The van der Waals surface area contributed by atoms with Crippen molar-refractivity contribution >= 4 is 12.2 Å². The van der Waals surface area contributed by atoms with Gasteiger partial charge in [-0.25, -0.2) is 4.79 Å². The van der Waals surface area contributed by atoms with Crippen LogP contribution in [-0.2, 0) is 13.0 Å². The molecule has 1 aromatic heterocycles. The van der Waals surface area contributed by atoms with E-state index in [2.05, 4.69) is 23.7 Å². The molecular formula is C12H21N3OS. The fraction of sp³-hybridized carbons (Fsp3) is 0.667. The third-order valence-electron chi connectivity index (χ3n) is 3.02. The van der Waals surface area contributed by atoms with Crippen LogP contribution in [0.1, 0.15) is 26.3 Å². The van der Waals surface area contributed by atoms with Gasteiger partial charge in [-0.1, -0.05) is 33.0 Å². The lowest BCUT2D eigenvalue weighted by Crippen LogP contribution is -2.32. The molecule has 0 saturated heterocycles. The van der Waals surface area contributed by atoms with E-state index in [0.717, 1.165) is 31.6 Å². The molecule has 1 aromatic rings. The quantitative estimate of drug-likeness (QED) is 0.788. The summed E-state index contributed by atoms with van der Waals surface area (Å²) in [6.07, 6.45) is 2.73. The highest BCUT2D eigenvalue weighted by molar-refractivity contribution is 7.71. The molecule has 0 radical (unpaired) electrons. The largest absolute Gasteiger partial charge is 0.326 e. The van der Waals surface area contributed by atoms with Crippen molar-refractivity contribution in [3.05, 3.63) is 26.9 Å². The fourth-order valence-electron chi connectivity index (χ4n) is 1.76. The monoisotopic (exact) mass is 255 g/mol. The highest BCUT2D eigenvalue weighted by atomic mass is 32.1. The summed E-state index contributed by atoms with van der Waals surface area (Å²) in [5.74, 6) is 0. The first kappa shape index (κ1) is 14.1. The molecule has 0 atom stereocenters. The van der Waals surface area contributed by atoms with Gasteiger partial charge in [0.1, 0.15) is 4.64 Å². The summed E-state index contributed by atoms with van der Waals surface area (Å²) in [5.41, 5.74) is 0.915. The summed E-state index contributed by atoms with van der Waals surface area (Å²) in [5, 5.41) is 0. The molecule has 0 unspecified atom stereocenters. The molecule has 0 aliphatic heterocycles. The summed E-state index contributed by atoms with van der Waals surface area (Å²) >= 11 is 5.10. The number of nitrogens with one attached hydrogen (secondary N) is 1. The summed E-state index contributed by atoms with van der Waals surface area (Å²) in [6, 6.07) is 0. The zero-order valence-corrected chi connectivity index (χ0v) is 11.6. The Balaban J connectivity index is 2.84.